The van der Waals surface area contributed by atoms with E-state index in [2.05, 4.69) is 10.3 Å². The molecule has 1 aromatic heterocycles. The summed E-state index contributed by atoms with van der Waals surface area (Å²) in [7, 11) is 0. The first-order valence-electron chi connectivity index (χ1n) is 8.60. The Labute approximate surface area is 164 Å². The molecule has 8 heteroatoms. The molecule has 1 aliphatic rings. The van der Waals surface area contributed by atoms with E-state index in [0.717, 1.165) is 16.9 Å². The van der Waals surface area contributed by atoms with Crippen molar-refractivity contribution in [1.29, 1.82) is 0 Å². The summed E-state index contributed by atoms with van der Waals surface area (Å²) in [6.45, 7) is 2.13. The Morgan fingerprint density at radius 1 is 1.14 bits per heavy atom. The van der Waals surface area contributed by atoms with Crippen LogP contribution < -0.4 is 14.8 Å². The Hall–Kier alpha value is -3.39. The van der Waals surface area contributed by atoms with E-state index in [1.54, 1.807) is 25.1 Å². The molecule has 2 heterocycles. The predicted molar refractivity (Wildman–Crippen MR) is 104 cm³/mol. The summed E-state index contributed by atoms with van der Waals surface area (Å²) in [5, 5.41) is 3.05. The number of anilines is 1. The number of carbonyl (C=O) groups excluding carboxylic acids is 2. The zero-order chi connectivity index (χ0) is 19.5. The van der Waals surface area contributed by atoms with Gasteiger partial charge in [-0.3, -0.25) is 10.1 Å². The summed E-state index contributed by atoms with van der Waals surface area (Å²) in [6, 6.07) is 14.2. The zero-order valence-electron chi connectivity index (χ0n) is 14.9. The van der Waals surface area contributed by atoms with Gasteiger partial charge in [0.2, 0.25) is 6.79 Å². The zero-order valence-corrected chi connectivity index (χ0v) is 15.7. The fourth-order valence-corrected chi connectivity index (χ4v) is 3.58. The molecule has 0 bridgehead atoms. The number of aromatic nitrogens is 1. The molecule has 0 spiro atoms. The molecule has 0 saturated heterocycles. The normalized spacial score (nSPS) is 11.9. The molecule has 0 atom stereocenters. The Balaban J connectivity index is 1.62. The highest BCUT2D eigenvalue weighted by molar-refractivity contribution is 7.18. The van der Waals surface area contributed by atoms with Crippen LogP contribution in [0.25, 0.3) is 11.3 Å². The van der Waals surface area contributed by atoms with Gasteiger partial charge in [0.05, 0.1) is 12.3 Å². The summed E-state index contributed by atoms with van der Waals surface area (Å²) in [6.07, 6.45) is 0. The monoisotopic (exact) mass is 396 g/mol. The van der Waals surface area contributed by atoms with Gasteiger partial charge in [-0.15, -0.1) is 0 Å². The second-order valence-corrected chi connectivity index (χ2v) is 6.80. The van der Waals surface area contributed by atoms with Gasteiger partial charge in [-0.05, 0) is 25.1 Å². The van der Waals surface area contributed by atoms with Crippen LogP contribution in [0.3, 0.4) is 0 Å². The first-order valence-corrected chi connectivity index (χ1v) is 9.41. The average molecular weight is 396 g/mol. The number of hydrogen-bond acceptors (Lipinski definition) is 7. The molecule has 0 saturated carbocycles. The molecule has 0 aliphatic carbocycles. The van der Waals surface area contributed by atoms with Crippen LogP contribution in [0.2, 0.25) is 0 Å². The number of benzene rings is 2. The second-order valence-electron chi connectivity index (χ2n) is 5.81. The first-order chi connectivity index (χ1) is 13.7. The molecule has 7 nitrogen and oxygen atoms in total. The Morgan fingerprint density at radius 3 is 2.71 bits per heavy atom. The van der Waals surface area contributed by atoms with Gasteiger partial charge in [0.15, 0.2) is 16.6 Å². The van der Waals surface area contributed by atoms with E-state index in [4.69, 9.17) is 14.2 Å². The number of thiazole rings is 1. The van der Waals surface area contributed by atoms with Crippen molar-refractivity contribution in [2.45, 2.75) is 6.92 Å². The molecule has 1 amide bonds. The lowest BCUT2D eigenvalue weighted by atomic mass is 10.1. The van der Waals surface area contributed by atoms with Crippen LogP contribution in [-0.4, -0.2) is 30.3 Å². The van der Waals surface area contributed by atoms with E-state index in [1.165, 1.54) is 0 Å². The van der Waals surface area contributed by atoms with Crippen molar-refractivity contribution >= 4 is 28.3 Å². The van der Waals surface area contributed by atoms with Crippen LogP contribution in [-0.2, 0) is 4.74 Å². The number of ether oxygens (including phenoxy) is 3. The van der Waals surface area contributed by atoms with Gasteiger partial charge in [-0.2, -0.15) is 0 Å². The Morgan fingerprint density at radius 2 is 1.93 bits per heavy atom. The molecule has 0 fully saturated rings. The molecule has 0 unspecified atom stereocenters. The number of fused-ring (bicyclic) bond motifs is 1. The van der Waals surface area contributed by atoms with Crippen LogP contribution in [0.15, 0.2) is 48.5 Å². The number of nitrogens with zero attached hydrogens (tertiary/aromatic N) is 1. The number of esters is 1. The third kappa shape index (κ3) is 3.54. The second kappa shape index (κ2) is 7.69. The molecular formula is C20H16N2O5S. The van der Waals surface area contributed by atoms with Crippen LogP contribution in [0.5, 0.6) is 11.5 Å². The van der Waals surface area contributed by atoms with Crippen molar-refractivity contribution < 1.29 is 23.8 Å². The molecule has 1 aliphatic heterocycles. The maximum atomic E-state index is 12.6. The van der Waals surface area contributed by atoms with E-state index in [9.17, 15) is 9.59 Å². The number of hydrogen-bond donors (Lipinski definition) is 1. The van der Waals surface area contributed by atoms with Crippen molar-refractivity contribution in [2.75, 3.05) is 18.7 Å². The molecule has 142 valence electrons. The van der Waals surface area contributed by atoms with Gasteiger partial charge >= 0.3 is 5.97 Å². The van der Waals surface area contributed by atoms with Crippen molar-refractivity contribution in [3.05, 3.63) is 59.0 Å². The summed E-state index contributed by atoms with van der Waals surface area (Å²) in [4.78, 5) is 29.7. The third-order valence-electron chi connectivity index (χ3n) is 3.99. The van der Waals surface area contributed by atoms with Gasteiger partial charge in [-0.1, -0.05) is 41.7 Å². The Bertz CT molecular complexity index is 1030. The number of nitrogens with one attached hydrogen (secondary N) is 1. The van der Waals surface area contributed by atoms with Crippen molar-refractivity contribution in [1.82, 2.24) is 4.98 Å². The molecule has 2 aromatic carbocycles. The molecule has 4 rings (SSSR count). The standard InChI is InChI=1S/C20H16N2O5S/c1-2-25-19(24)17-16(12-6-4-3-5-7-12)21-20(28-17)22-18(23)13-8-9-14-15(10-13)27-11-26-14/h3-10H,2,11H2,1H3,(H,21,22,23). The lowest BCUT2D eigenvalue weighted by Crippen LogP contribution is -2.11. The average Bonchev–Trinajstić information content (AvgIpc) is 3.35. The summed E-state index contributed by atoms with van der Waals surface area (Å²) in [5.74, 6) is 0.287. The summed E-state index contributed by atoms with van der Waals surface area (Å²) < 4.78 is 15.7. The minimum atomic E-state index is -0.470. The van der Waals surface area contributed by atoms with E-state index in [-0.39, 0.29) is 19.3 Å². The fourth-order valence-electron chi connectivity index (χ4n) is 2.71. The van der Waals surface area contributed by atoms with E-state index >= 15 is 0 Å². The highest BCUT2D eigenvalue weighted by Crippen LogP contribution is 2.34. The molecule has 3 aromatic rings. The largest absolute Gasteiger partial charge is 0.462 e. The SMILES string of the molecule is CCOC(=O)c1sc(NC(=O)c2ccc3c(c2)OCO3)nc1-c1ccccc1. The van der Waals surface area contributed by atoms with Gasteiger partial charge in [0.25, 0.3) is 5.91 Å². The molecule has 1 N–H and O–H groups in total. The van der Waals surface area contributed by atoms with Gasteiger partial charge in [-0.25, -0.2) is 9.78 Å². The minimum Gasteiger partial charge on any atom is -0.462 e. The third-order valence-corrected chi connectivity index (χ3v) is 4.94. The smallest absolute Gasteiger partial charge is 0.350 e. The van der Waals surface area contributed by atoms with Crippen LogP contribution in [0.1, 0.15) is 27.0 Å². The summed E-state index contributed by atoms with van der Waals surface area (Å²) >= 11 is 1.08. The van der Waals surface area contributed by atoms with Gasteiger partial charge < -0.3 is 14.2 Å². The van der Waals surface area contributed by atoms with Crippen LogP contribution in [0, 0.1) is 0 Å². The number of amides is 1. The quantitative estimate of drug-likeness (QED) is 0.657. The van der Waals surface area contributed by atoms with Crippen molar-refractivity contribution in [2.24, 2.45) is 0 Å². The summed E-state index contributed by atoms with van der Waals surface area (Å²) in [5.41, 5.74) is 1.65. The van der Waals surface area contributed by atoms with Gasteiger partial charge in [0.1, 0.15) is 4.88 Å². The maximum Gasteiger partial charge on any atom is 0.350 e. The van der Waals surface area contributed by atoms with Crippen LogP contribution >= 0.6 is 11.3 Å². The first kappa shape index (κ1) is 18.0. The lowest BCUT2D eigenvalue weighted by molar-refractivity contribution is 0.0532. The molecular weight excluding hydrogens is 380 g/mol. The van der Waals surface area contributed by atoms with E-state index in [0.29, 0.717) is 32.8 Å². The minimum absolute atomic E-state index is 0.135. The highest BCUT2D eigenvalue weighted by Gasteiger charge is 2.22. The lowest BCUT2D eigenvalue weighted by Gasteiger charge is -2.03. The molecule has 28 heavy (non-hydrogen) atoms. The number of carbonyl (C=O) groups is 2. The van der Waals surface area contributed by atoms with E-state index in [1.807, 2.05) is 30.3 Å². The topological polar surface area (TPSA) is 86.8 Å². The molecule has 0 radical (unpaired) electrons. The predicted octanol–water partition coefficient (Wildman–Crippen LogP) is 3.97. The van der Waals surface area contributed by atoms with E-state index < -0.39 is 5.97 Å². The van der Waals surface area contributed by atoms with Crippen molar-refractivity contribution in [3.63, 3.8) is 0 Å². The number of rotatable bonds is 5. The maximum absolute atomic E-state index is 12.6. The van der Waals surface area contributed by atoms with Crippen molar-refractivity contribution in [3.8, 4) is 22.8 Å². The van der Waals surface area contributed by atoms with Gasteiger partial charge in [0, 0.05) is 11.1 Å². The van der Waals surface area contributed by atoms with Crippen LogP contribution in [0.4, 0.5) is 5.13 Å². The highest BCUT2D eigenvalue weighted by atomic mass is 32.1. The Kier molecular flexibility index (Phi) is 4.94. The fraction of sp³-hybridized carbons (Fsp3) is 0.150.